The van der Waals surface area contributed by atoms with Gasteiger partial charge in [0, 0.05) is 46.4 Å². The lowest BCUT2D eigenvalue weighted by molar-refractivity contribution is -0.177. The number of rotatable bonds is 5. The number of nitrogens with one attached hydrogen (secondary N) is 1. The van der Waals surface area contributed by atoms with Gasteiger partial charge < -0.3 is 14.8 Å². The highest BCUT2D eigenvalue weighted by Gasteiger charge is 2.40. The van der Waals surface area contributed by atoms with Gasteiger partial charge in [-0.25, -0.2) is 0 Å². The molecule has 0 bridgehead atoms. The van der Waals surface area contributed by atoms with Gasteiger partial charge in [0.25, 0.3) is 0 Å². The summed E-state index contributed by atoms with van der Waals surface area (Å²) in [5.41, 5.74) is 2.34. The van der Waals surface area contributed by atoms with E-state index >= 15 is 0 Å². The number of benzene rings is 1. The van der Waals surface area contributed by atoms with Crippen LogP contribution in [0.5, 0.6) is 0 Å². The van der Waals surface area contributed by atoms with Crippen molar-refractivity contribution in [3.05, 3.63) is 29.8 Å². The first-order valence-electron chi connectivity index (χ1n) is 10.2. The summed E-state index contributed by atoms with van der Waals surface area (Å²) in [6, 6.07) is 8.98. The second-order valence-corrected chi connectivity index (χ2v) is 9.73. The van der Waals surface area contributed by atoms with Gasteiger partial charge >= 0.3 is 0 Å². The molecule has 0 unspecified atom stereocenters. The molecule has 0 aromatic heterocycles. The van der Waals surface area contributed by atoms with Crippen molar-refractivity contribution in [3.63, 3.8) is 0 Å². The Morgan fingerprint density at radius 3 is 2.50 bits per heavy atom. The molecule has 0 amide bonds. The van der Waals surface area contributed by atoms with Crippen LogP contribution >= 0.6 is 0 Å². The van der Waals surface area contributed by atoms with Crippen LogP contribution in [0.15, 0.2) is 24.3 Å². The van der Waals surface area contributed by atoms with Gasteiger partial charge in [-0.3, -0.25) is 4.21 Å². The van der Waals surface area contributed by atoms with E-state index in [2.05, 4.69) is 29.6 Å². The van der Waals surface area contributed by atoms with Gasteiger partial charge in [0.1, 0.15) is 0 Å². The zero-order valence-corrected chi connectivity index (χ0v) is 16.4. The molecule has 1 aliphatic heterocycles. The highest BCUT2D eigenvalue weighted by Crippen LogP contribution is 2.36. The minimum atomic E-state index is -0.739. The first kappa shape index (κ1) is 18.5. The fraction of sp³-hybridized carbons (Fsp3) is 0.714. The van der Waals surface area contributed by atoms with Crippen LogP contribution in [0, 0.1) is 0 Å². The van der Waals surface area contributed by atoms with Crippen molar-refractivity contribution in [2.24, 2.45) is 0 Å². The number of ether oxygens (including phenoxy) is 2. The summed E-state index contributed by atoms with van der Waals surface area (Å²) in [6.45, 7) is 1.47. The van der Waals surface area contributed by atoms with Gasteiger partial charge in [-0.2, -0.15) is 0 Å². The molecule has 1 aromatic carbocycles. The number of hydrogen-bond donors (Lipinski definition) is 1. The Hall–Kier alpha value is -0.910. The molecule has 2 saturated carbocycles. The Kier molecular flexibility index (Phi) is 5.97. The lowest BCUT2D eigenvalue weighted by Gasteiger charge is -2.36. The van der Waals surface area contributed by atoms with Gasteiger partial charge in [0.2, 0.25) is 0 Å². The van der Waals surface area contributed by atoms with E-state index in [9.17, 15) is 4.21 Å². The van der Waals surface area contributed by atoms with Crippen molar-refractivity contribution in [2.45, 2.75) is 80.6 Å². The van der Waals surface area contributed by atoms with E-state index in [1.807, 2.05) is 0 Å². The summed E-state index contributed by atoms with van der Waals surface area (Å²) in [5.74, 6) is 0.395. The molecule has 26 heavy (non-hydrogen) atoms. The van der Waals surface area contributed by atoms with E-state index in [4.69, 9.17) is 9.47 Å². The first-order valence-corrected chi connectivity index (χ1v) is 11.6. The Morgan fingerprint density at radius 2 is 1.77 bits per heavy atom. The van der Waals surface area contributed by atoms with Crippen molar-refractivity contribution >= 4 is 16.5 Å². The van der Waals surface area contributed by atoms with Crippen LogP contribution in [0.1, 0.15) is 63.4 Å². The second-order valence-electron chi connectivity index (χ2n) is 8.01. The molecule has 1 N–H and O–H groups in total. The Balaban J connectivity index is 1.30. The summed E-state index contributed by atoms with van der Waals surface area (Å²) in [7, 11) is -0.739. The van der Waals surface area contributed by atoms with E-state index in [-0.39, 0.29) is 5.79 Å². The molecule has 1 aromatic rings. The molecule has 0 radical (unpaired) electrons. The Labute approximate surface area is 159 Å². The smallest absolute Gasteiger partial charge is 0.168 e. The highest BCUT2D eigenvalue weighted by molar-refractivity contribution is 7.84. The van der Waals surface area contributed by atoms with Crippen LogP contribution in [0.2, 0.25) is 0 Å². The maximum absolute atomic E-state index is 12.7. The van der Waals surface area contributed by atoms with Crippen LogP contribution in [0.4, 0.5) is 5.69 Å². The maximum atomic E-state index is 12.7. The number of hydrogen-bond acceptors (Lipinski definition) is 4. The maximum Gasteiger partial charge on any atom is 0.168 e. The zero-order valence-electron chi connectivity index (χ0n) is 15.6. The van der Waals surface area contributed by atoms with Gasteiger partial charge in [-0.15, -0.1) is 0 Å². The first-order chi connectivity index (χ1) is 12.7. The second kappa shape index (κ2) is 8.41. The third-order valence-electron chi connectivity index (χ3n) is 6.09. The molecular weight excluding hydrogens is 346 g/mol. The van der Waals surface area contributed by atoms with Crippen molar-refractivity contribution in [1.29, 1.82) is 0 Å². The summed E-state index contributed by atoms with van der Waals surface area (Å²) < 4.78 is 24.3. The average Bonchev–Trinajstić information content (AvgIpc) is 3.13. The van der Waals surface area contributed by atoms with Gasteiger partial charge in [-0.05, 0) is 43.4 Å². The van der Waals surface area contributed by atoms with Crippen molar-refractivity contribution < 1.29 is 13.7 Å². The van der Waals surface area contributed by atoms with Crippen LogP contribution in [-0.4, -0.2) is 34.5 Å². The summed E-state index contributed by atoms with van der Waals surface area (Å²) >= 11 is 0. The van der Waals surface area contributed by atoms with Crippen LogP contribution in [0.25, 0.3) is 0 Å². The zero-order chi connectivity index (χ0) is 17.8. The van der Waals surface area contributed by atoms with Gasteiger partial charge in [-0.1, -0.05) is 31.4 Å². The molecule has 4 nitrogen and oxygen atoms in total. The predicted octanol–water partition coefficient (Wildman–Crippen LogP) is 4.37. The molecule has 144 valence electrons. The minimum Gasteiger partial charge on any atom is -0.382 e. The molecule has 1 saturated heterocycles. The van der Waals surface area contributed by atoms with E-state index in [1.54, 1.807) is 0 Å². The van der Waals surface area contributed by atoms with E-state index in [1.165, 1.54) is 24.8 Å². The lowest BCUT2D eigenvalue weighted by atomic mass is 9.90. The van der Waals surface area contributed by atoms with Crippen LogP contribution < -0.4 is 5.32 Å². The number of anilines is 1. The third kappa shape index (κ3) is 4.49. The molecule has 2 aliphatic carbocycles. The SMILES string of the molecule is O=[S@@](Cc1cccc(NC2CCC3(CC2)OCCO3)c1)C1CCCCC1. The Morgan fingerprint density at radius 1 is 1.04 bits per heavy atom. The highest BCUT2D eigenvalue weighted by atomic mass is 32.2. The third-order valence-corrected chi connectivity index (χ3v) is 7.92. The molecule has 5 heteroatoms. The fourth-order valence-electron chi connectivity index (χ4n) is 4.58. The molecule has 1 spiro atoms. The van der Waals surface area contributed by atoms with Gasteiger partial charge in [0.15, 0.2) is 5.79 Å². The predicted molar refractivity (Wildman–Crippen MR) is 106 cm³/mol. The van der Waals surface area contributed by atoms with Crippen LogP contribution in [-0.2, 0) is 26.0 Å². The fourth-order valence-corrected chi connectivity index (χ4v) is 6.19. The summed E-state index contributed by atoms with van der Waals surface area (Å²) in [4.78, 5) is 0. The lowest BCUT2D eigenvalue weighted by Crippen LogP contribution is -2.39. The van der Waals surface area contributed by atoms with Crippen molar-refractivity contribution in [2.75, 3.05) is 18.5 Å². The molecule has 1 heterocycles. The van der Waals surface area contributed by atoms with E-state index < -0.39 is 10.8 Å². The molecule has 3 fully saturated rings. The summed E-state index contributed by atoms with van der Waals surface area (Å²) in [6.07, 6.45) is 10.1. The van der Waals surface area contributed by atoms with Gasteiger partial charge in [0.05, 0.1) is 13.2 Å². The van der Waals surface area contributed by atoms with E-state index in [0.717, 1.165) is 57.4 Å². The standard InChI is InChI=1S/C21H31NO3S/c23-26(20-7-2-1-3-8-20)16-17-5-4-6-19(15-17)22-18-9-11-21(12-10-18)24-13-14-25-21/h4-6,15,18,20,22H,1-3,7-14,16H2/t26-/m0/s1. The van der Waals surface area contributed by atoms with Crippen molar-refractivity contribution in [3.8, 4) is 0 Å². The van der Waals surface area contributed by atoms with E-state index in [0.29, 0.717) is 17.0 Å². The Bertz CT molecular complexity index is 613. The largest absolute Gasteiger partial charge is 0.382 e. The summed E-state index contributed by atoms with van der Waals surface area (Å²) in [5, 5.41) is 4.07. The van der Waals surface area contributed by atoms with Crippen molar-refractivity contribution in [1.82, 2.24) is 0 Å². The molecule has 1 atom stereocenters. The average molecular weight is 378 g/mol. The quantitative estimate of drug-likeness (QED) is 0.828. The molecular formula is C21H31NO3S. The van der Waals surface area contributed by atoms with Crippen LogP contribution in [0.3, 0.4) is 0 Å². The normalized spacial score (nSPS) is 25.4. The monoisotopic (exact) mass is 377 g/mol. The molecule has 3 aliphatic rings. The topological polar surface area (TPSA) is 47.6 Å². The molecule has 4 rings (SSSR count). The minimum absolute atomic E-state index is 0.295.